The van der Waals surface area contributed by atoms with Gasteiger partial charge in [-0.25, -0.2) is 4.79 Å². The first-order valence-corrected chi connectivity index (χ1v) is 5.96. The lowest BCUT2D eigenvalue weighted by Crippen LogP contribution is -2.55. The molecule has 0 aliphatic heterocycles. The Bertz CT molecular complexity index is 274. The van der Waals surface area contributed by atoms with E-state index in [9.17, 15) is 14.7 Å². The van der Waals surface area contributed by atoms with E-state index >= 15 is 0 Å². The highest BCUT2D eigenvalue weighted by atomic mass is 16.7. The largest absolute Gasteiger partial charge is 0.477 e. The normalized spacial score (nSPS) is 12.2. The van der Waals surface area contributed by atoms with Crippen molar-refractivity contribution >= 4 is 11.8 Å². The van der Waals surface area contributed by atoms with Crippen LogP contribution in [0.15, 0.2) is 0 Å². The second-order valence-electron chi connectivity index (χ2n) is 4.32. The van der Waals surface area contributed by atoms with Gasteiger partial charge in [0, 0.05) is 6.61 Å². The summed E-state index contributed by atoms with van der Waals surface area (Å²) >= 11 is 0. The predicted molar refractivity (Wildman–Crippen MR) is 64.3 cm³/mol. The molecule has 0 unspecified atom stereocenters. The molecule has 0 spiro atoms. The van der Waals surface area contributed by atoms with Gasteiger partial charge in [-0.15, -0.1) is 0 Å². The number of ether oxygens (including phenoxy) is 3. The Kier molecular flexibility index (Phi) is 7.05. The lowest BCUT2D eigenvalue weighted by molar-refractivity contribution is -0.257. The van der Waals surface area contributed by atoms with Crippen molar-refractivity contribution in [3.63, 3.8) is 0 Å². The Balaban J connectivity index is 5.17. The Morgan fingerprint density at radius 3 is 1.83 bits per heavy atom. The second-order valence-corrected chi connectivity index (χ2v) is 4.32. The van der Waals surface area contributed by atoms with Crippen LogP contribution >= 0.6 is 0 Å². The van der Waals surface area contributed by atoms with Crippen molar-refractivity contribution in [1.29, 1.82) is 0 Å². The number of hydrogen-bond donors (Lipinski definition) is 1. The Morgan fingerprint density at radius 2 is 1.56 bits per heavy atom. The van der Waals surface area contributed by atoms with Crippen LogP contribution in [0.4, 0.5) is 0 Å². The van der Waals surface area contributed by atoms with Gasteiger partial charge in [0.05, 0.1) is 12.2 Å². The van der Waals surface area contributed by atoms with Gasteiger partial charge in [0.2, 0.25) is 5.78 Å². The van der Waals surface area contributed by atoms with Gasteiger partial charge in [-0.2, -0.15) is 0 Å². The van der Waals surface area contributed by atoms with Crippen LogP contribution < -0.4 is 0 Å². The first kappa shape index (κ1) is 17.0. The van der Waals surface area contributed by atoms with Gasteiger partial charge in [0.15, 0.2) is 0 Å². The third-order valence-electron chi connectivity index (χ3n) is 1.89. The highest BCUT2D eigenvalue weighted by Gasteiger charge is 2.50. The zero-order valence-electron chi connectivity index (χ0n) is 11.6. The number of rotatable bonds is 9. The molecule has 0 atom stereocenters. The van der Waals surface area contributed by atoms with Crippen LogP contribution in [-0.4, -0.2) is 48.1 Å². The van der Waals surface area contributed by atoms with Gasteiger partial charge in [-0.3, -0.25) is 4.79 Å². The maximum Gasteiger partial charge on any atom is 0.373 e. The summed E-state index contributed by atoms with van der Waals surface area (Å²) in [6.45, 7) is 8.20. The van der Waals surface area contributed by atoms with Crippen molar-refractivity contribution < 1.29 is 28.9 Å². The molecular formula is C12H22O6. The van der Waals surface area contributed by atoms with E-state index in [4.69, 9.17) is 14.2 Å². The van der Waals surface area contributed by atoms with Crippen molar-refractivity contribution in [1.82, 2.24) is 0 Å². The van der Waals surface area contributed by atoms with Crippen LogP contribution in [0.2, 0.25) is 0 Å². The number of carbonyl (C=O) groups excluding carboxylic acids is 1. The molecule has 0 fully saturated rings. The second kappa shape index (κ2) is 7.45. The minimum Gasteiger partial charge on any atom is -0.477 e. The van der Waals surface area contributed by atoms with Crippen LogP contribution in [0.1, 0.15) is 34.6 Å². The van der Waals surface area contributed by atoms with Crippen molar-refractivity contribution in [2.45, 2.75) is 52.6 Å². The van der Waals surface area contributed by atoms with E-state index in [-0.39, 0.29) is 6.61 Å². The molecule has 0 aromatic rings. The summed E-state index contributed by atoms with van der Waals surface area (Å²) in [6.07, 6.45) is -0.934. The molecule has 0 saturated carbocycles. The van der Waals surface area contributed by atoms with Gasteiger partial charge in [-0.05, 0) is 34.6 Å². The number of hydrogen-bond acceptors (Lipinski definition) is 5. The lowest BCUT2D eigenvalue weighted by Gasteiger charge is -2.31. The minimum absolute atomic E-state index is 0.310. The Morgan fingerprint density at radius 1 is 1.11 bits per heavy atom. The molecular weight excluding hydrogens is 240 g/mol. The molecule has 0 aromatic heterocycles. The maximum atomic E-state index is 12.0. The molecule has 6 nitrogen and oxygen atoms in total. The van der Waals surface area contributed by atoms with E-state index < -0.39 is 29.7 Å². The molecule has 6 heteroatoms. The number of carbonyl (C=O) groups is 2. The summed E-state index contributed by atoms with van der Waals surface area (Å²) in [4.78, 5) is 23.4. The van der Waals surface area contributed by atoms with Gasteiger partial charge < -0.3 is 19.3 Å². The molecule has 1 N–H and O–H groups in total. The molecule has 0 amide bonds. The molecule has 0 aliphatic rings. The zero-order valence-corrected chi connectivity index (χ0v) is 11.6. The number of Topliss-reactive ketones (excluding diaryl/α,β-unsaturated/α-hetero) is 1. The molecule has 0 heterocycles. The molecule has 106 valence electrons. The quantitative estimate of drug-likeness (QED) is 0.497. The fourth-order valence-electron chi connectivity index (χ4n) is 1.33. The van der Waals surface area contributed by atoms with E-state index in [0.717, 1.165) is 0 Å². The maximum absolute atomic E-state index is 12.0. The topological polar surface area (TPSA) is 82.1 Å². The van der Waals surface area contributed by atoms with E-state index in [2.05, 4.69) is 0 Å². The molecule has 0 saturated heterocycles. The smallest absolute Gasteiger partial charge is 0.373 e. The van der Waals surface area contributed by atoms with E-state index in [1.54, 1.807) is 34.6 Å². The summed E-state index contributed by atoms with van der Waals surface area (Å²) in [5, 5.41) is 9.26. The average molecular weight is 262 g/mol. The third kappa shape index (κ3) is 4.72. The number of carboxylic acids is 1. The average Bonchev–Trinajstić information content (AvgIpc) is 2.22. The summed E-state index contributed by atoms with van der Waals surface area (Å²) < 4.78 is 15.4. The first-order valence-electron chi connectivity index (χ1n) is 5.96. The standard InChI is InChI=1S/C12H22O6/c1-6-16-7-10(13)12(11(14)15,17-8(2)3)18-9(4)5/h8-9H,6-7H2,1-5H3,(H,14,15). The number of carboxylic acid groups (broad SMARTS) is 1. The summed E-state index contributed by atoms with van der Waals surface area (Å²) in [5.74, 6) is -4.51. The lowest BCUT2D eigenvalue weighted by atomic mass is 10.1. The van der Waals surface area contributed by atoms with Crippen molar-refractivity contribution in [2.75, 3.05) is 13.2 Å². The van der Waals surface area contributed by atoms with Gasteiger partial charge in [0.25, 0.3) is 0 Å². The first-order chi connectivity index (χ1) is 8.26. The predicted octanol–water partition coefficient (Wildman–Crippen LogP) is 1.22. The van der Waals surface area contributed by atoms with Crippen molar-refractivity contribution in [3.8, 4) is 0 Å². The summed E-state index contributed by atoms with van der Waals surface area (Å²) in [5.41, 5.74) is 0. The molecule has 0 aromatic carbocycles. The van der Waals surface area contributed by atoms with Gasteiger partial charge in [-0.1, -0.05) is 0 Å². The number of aliphatic carboxylic acids is 1. The Hall–Kier alpha value is -0.980. The van der Waals surface area contributed by atoms with Crippen LogP contribution in [0, 0.1) is 0 Å². The molecule has 0 bridgehead atoms. The minimum atomic E-state index is -2.29. The summed E-state index contributed by atoms with van der Waals surface area (Å²) in [7, 11) is 0. The fraction of sp³-hybridized carbons (Fsp3) is 0.833. The van der Waals surface area contributed by atoms with Crippen LogP contribution in [0.5, 0.6) is 0 Å². The van der Waals surface area contributed by atoms with Crippen molar-refractivity contribution in [3.05, 3.63) is 0 Å². The van der Waals surface area contributed by atoms with Crippen molar-refractivity contribution in [2.24, 2.45) is 0 Å². The van der Waals surface area contributed by atoms with Gasteiger partial charge >= 0.3 is 11.8 Å². The number of ketones is 1. The van der Waals surface area contributed by atoms with Crippen LogP contribution in [0.25, 0.3) is 0 Å². The van der Waals surface area contributed by atoms with E-state index in [1.807, 2.05) is 0 Å². The monoisotopic (exact) mass is 262 g/mol. The Labute approximate surface area is 107 Å². The molecule has 0 radical (unpaired) electrons. The summed E-state index contributed by atoms with van der Waals surface area (Å²) in [6, 6.07) is 0. The van der Waals surface area contributed by atoms with E-state index in [1.165, 1.54) is 0 Å². The zero-order chi connectivity index (χ0) is 14.3. The molecule has 18 heavy (non-hydrogen) atoms. The highest BCUT2D eigenvalue weighted by Crippen LogP contribution is 2.20. The third-order valence-corrected chi connectivity index (χ3v) is 1.89. The van der Waals surface area contributed by atoms with E-state index in [0.29, 0.717) is 6.61 Å². The van der Waals surface area contributed by atoms with Gasteiger partial charge in [0.1, 0.15) is 6.61 Å². The molecule has 0 rings (SSSR count). The fourth-order valence-corrected chi connectivity index (χ4v) is 1.33. The van der Waals surface area contributed by atoms with Crippen LogP contribution in [0.3, 0.4) is 0 Å². The SMILES string of the molecule is CCOCC(=O)C(OC(C)C)(OC(C)C)C(=O)O. The highest BCUT2D eigenvalue weighted by molar-refractivity contribution is 6.05. The molecule has 0 aliphatic carbocycles. The van der Waals surface area contributed by atoms with Crippen LogP contribution in [-0.2, 0) is 23.8 Å².